The second kappa shape index (κ2) is 6.26. The number of benzene rings is 2. The molecule has 0 heterocycles. The molecule has 0 atom stereocenters. The molecule has 0 aliphatic carbocycles. The second-order valence-corrected chi connectivity index (χ2v) is 6.47. The van der Waals surface area contributed by atoms with E-state index in [0.717, 1.165) is 30.3 Å². The third-order valence-corrected chi connectivity index (χ3v) is 4.67. The summed E-state index contributed by atoms with van der Waals surface area (Å²) in [6, 6.07) is 12.8. The van der Waals surface area contributed by atoms with Crippen molar-refractivity contribution in [2.24, 2.45) is 0 Å². The third kappa shape index (κ3) is 3.79. The van der Waals surface area contributed by atoms with E-state index < -0.39 is 26.5 Å². The Kier molecular flexibility index (Phi) is 4.57. The van der Waals surface area contributed by atoms with Gasteiger partial charge in [-0.3, -0.25) is 0 Å². The molecule has 7 heteroatoms. The largest absolute Gasteiger partial charge is 0.416 e. The summed E-state index contributed by atoms with van der Waals surface area (Å²) in [4.78, 5) is -0.594. The number of alkyl halides is 3. The molecule has 2 aromatic rings. The molecule has 118 valence electrons. The first-order valence-electron chi connectivity index (χ1n) is 6.34. The lowest BCUT2D eigenvalue weighted by Gasteiger charge is -2.06. The Morgan fingerprint density at radius 2 is 1.57 bits per heavy atom. The van der Waals surface area contributed by atoms with Crippen molar-refractivity contribution in [3.05, 3.63) is 70.6 Å². The zero-order chi connectivity index (χ0) is 17.1. The smallest absolute Gasteiger partial charge is 0.218 e. The zero-order valence-electron chi connectivity index (χ0n) is 11.6. The molecule has 23 heavy (non-hydrogen) atoms. The van der Waals surface area contributed by atoms with Gasteiger partial charge in [0.1, 0.15) is 11.0 Å². The number of hydrogen-bond donors (Lipinski definition) is 0. The molecular formula is C16H10F3NO2S. The van der Waals surface area contributed by atoms with Crippen LogP contribution in [0.4, 0.5) is 13.2 Å². The van der Waals surface area contributed by atoms with Crippen LogP contribution in [0.15, 0.2) is 64.4 Å². The average molecular weight is 337 g/mol. The Hall–Kier alpha value is -2.59. The van der Waals surface area contributed by atoms with Gasteiger partial charge in [-0.15, -0.1) is 0 Å². The van der Waals surface area contributed by atoms with Gasteiger partial charge in [-0.25, -0.2) is 8.42 Å². The van der Waals surface area contributed by atoms with Gasteiger partial charge in [-0.05, 0) is 35.9 Å². The van der Waals surface area contributed by atoms with Gasteiger partial charge in [0.15, 0.2) is 0 Å². The molecule has 0 fully saturated rings. The molecule has 0 spiro atoms. The van der Waals surface area contributed by atoms with E-state index in [9.17, 15) is 21.6 Å². The van der Waals surface area contributed by atoms with Crippen LogP contribution in [-0.2, 0) is 16.0 Å². The van der Waals surface area contributed by atoms with E-state index in [2.05, 4.69) is 0 Å². The first kappa shape index (κ1) is 16.8. The molecule has 0 amide bonds. The van der Waals surface area contributed by atoms with Gasteiger partial charge in [-0.1, -0.05) is 30.3 Å². The first-order valence-corrected chi connectivity index (χ1v) is 7.82. The Morgan fingerprint density at radius 3 is 2.04 bits per heavy atom. The highest BCUT2D eigenvalue weighted by molar-refractivity contribution is 7.95. The maximum absolute atomic E-state index is 12.5. The van der Waals surface area contributed by atoms with Crippen LogP contribution in [0.1, 0.15) is 11.1 Å². The van der Waals surface area contributed by atoms with Crippen molar-refractivity contribution in [3.63, 3.8) is 0 Å². The topological polar surface area (TPSA) is 57.9 Å². The van der Waals surface area contributed by atoms with Crippen molar-refractivity contribution in [1.29, 1.82) is 5.26 Å². The first-order chi connectivity index (χ1) is 10.7. The van der Waals surface area contributed by atoms with E-state index >= 15 is 0 Å². The Balaban J connectivity index is 2.42. The number of sulfone groups is 1. The summed E-state index contributed by atoms with van der Waals surface area (Å²) in [6.07, 6.45) is -3.43. The summed E-state index contributed by atoms with van der Waals surface area (Å²) in [5.74, 6) is 0. The lowest BCUT2D eigenvalue weighted by molar-refractivity contribution is -0.137. The Bertz CT molecular complexity index is 862. The number of allylic oxidation sites excluding steroid dienone is 1. The number of hydrogen-bond acceptors (Lipinski definition) is 3. The van der Waals surface area contributed by atoms with Crippen molar-refractivity contribution in [3.8, 4) is 6.07 Å². The SMILES string of the molecule is N#C/C(=C\c1ccc(C(F)(F)F)cc1)S(=O)(=O)c1ccccc1. The number of nitrogens with zero attached hydrogens (tertiary/aromatic N) is 1. The molecule has 0 N–H and O–H groups in total. The number of halogens is 3. The molecular weight excluding hydrogens is 327 g/mol. The molecule has 0 radical (unpaired) electrons. The Labute approximate surface area is 131 Å². The minimum Gasteiger partial charge on any atom is -0.218 e. The van der Waals surface area contributed by atoms with E-state index in [1.165, 1.54) is 24.3 Å². The van der Waals surface area contributed by atoms with Crippen LogP contribution in [0, 0.1) is 11.3 Å². The lowest BCUT2D eigenvalue weighted by Crippen LogP contribution is -2.05. The minimum absolute atomic E-state index is 0.0558. The molecule has 0 unspecified atom stereocenters. The second-order valence-electron chi connectivity index (χ2n) is 4.56. The molecule has 2 rings (SSSR count). The third-order valence-electron chi connectivity index (χ3n) is 2.99. The van der Waals surface area contributed by atoms with E-state index in [1.54, 1.807) is 12.1 Å². The van der Waals surface area contributed by atoms with E-state index in [4.69, 9.17) is 5.26 Å². The average Bonchev–Trinajstić information content (AvgIpc) is 2.53. The predicted molar refractivity (Wildman–Crippen MR) is 78.7 cm³/mol. The molecule has 0 aromatic heterocycles. The molecule has 2 aromatic carbocycles. The molecule has 3 nitrogen and oxygen atoms in total. The maximum Gasteiger partial charge on any atom is 0.416 e. The molecule has 0 saturated heterocycles. The highest BCUT2D eigenvalue weighted by Crippen LogP contribution is 2.29. The van der Waals surface area contributed by atoms with E-state index in [-0.39, 0.29) is 10.5 Å². The van der Waals surface area contributed by atoms with Crippen molar-refractivity contribution >= 4 is 15.9 Å². The highest BCUT2D eigenvalue weighted by Gasteiger charge is 2.30. The zero-order valence-corrected chi connectivity index (χ0v) is 12.4. The van der Waals surface area contributed by atoms with Gasteiger partial charge in [0.05, 0.1) is 10.5 Å². The van der Waals surface area contributed by atoms with Crippen LogP contribution in [0.2, 0.25) is 0 Å². The van der Waals surface area contributed by atoms with Crippen LogP contribution >= 0.6 is 0 Å². The van der Waals surface area contributed by atoms with Gasteiger partial charge >= 0.3 is 6.18 Å². The summed E-state index contributed by atoms with van der Waals surface area (Å²) < 4.78 is 62.1. The highest BCUT2D eigenvalue weighted by atomic mass is 32.2. The van der Waals surface area contributed by atoms with Crippen molar-refractivity contribution in [1.82, 2.24) is 0 Å². The normalized spacial score (nSPS) is 12.7. The summed E-state index contributed by atoms with van der Waals surface area (Å²) in [5.41, 5.74) is -0.659. The maximum atomic E-state index is 12.5. The predicted octanol–water partition coefficient (Wildman–Crippen LogP) is 4.04. The fourth-order valence-corrected chi connectivity index (χ4v) is 3.00. The quantitative estimate of drug-likeness (QED) is 0.794. The van der Waals surface area contributed by atoms with Crippen LogP contribution in [0.3, 0.4) is 0 Å². The van der Waals surface area contributed by atoms with Crippen molar-refractivity contribution in [2.45, 2.75) is 11.1 Å². The van der Waals surface area contributed by atoms with Crippen molar-refractivity contribution in [2.75, 3.05) is 0 Å². The van der Waals surface area contributed by atoms with E-state index in [0.29, 0.717) is 0 Å². The van der Waals surface area contributed by atoms with Gasteiger partial charge in [0.2, 0.25) is 9.84 Å². The lowest BCUT2D eigenvalue weighted by atomic mass is 10.1. The fourth-order valence-electron chi connectivity index (χ4n) is 1.82. The molecule has 0 bridgehead atoms. The fraction of sp³-hybridized carbons (Fsp3) is 0.0625. The summed E-state index contributed by atoms with van der Waals surface area (Å²) in [6.45, 7) is 0. The molecule has 0 aliphatic rings. The minimum atomic E-state index is -4.48. The van der Waals surface area contributed by atoms with E-state index in [1.807, 2.05) is 0 Å². The molecule has 0 saturated carbocycles. The standard InChI is InChI=1S/C16H10F3NO2S/c17-16(18,19)13-8-6-12(7-9-13)10-15(11-20)23(21,22)14-4-2-1-3-5-14/h1-10H/b15-10+. The van der Waals surface area contributed by atoms with Crippen LogP contribution in [0.25, 0.3) is 6.08 Å². The monoisotopic (exact) mass is 337 g/mol. The van der Waals surface area contributed by atoms with Gasteiger partial charge in [-0.2, -0.15) is 18.4 Å². The summed E-state index contributed by atoms with van der Waals surface area (Å²) in [5, 5.41) is 9.09. The van der Waals surface area contributed by atoms with Gasteiger partial charge < -0.3 is 0 Å². The van der Waals surface area contributed by atoms with Crippen LogP contribution in [-0.4, -0.2) is 8.42 Å². The van der Waals surface area contributed by atoms with Crippen molar-refractivity contribution < 1.29 is 21.6 Å². The summed E-state index contributed by atoms with van der Waals surface area (Å²) in [7, 11) is -4.01. The number of nitriles is 1. The van der Waals surface area contributed by atoms with Gasteiger partial charge in [0, 0.05) is 0 Å². The van der Waals surface area contributed by atoms with Gasteiger partial charge in [0.25, 0.3) is 0 Å². The number of rotatable bonds is 3. The van der Waals surface area contributed by atoms with Crippen LogP contribution < -0.4 is 0 Å². The summed E-state index contributed by atoms with van der Waals surface area (Å²) >= 11 is 0. The molecule has 0 aliphatic heterocycles. The van der Waals surface area contributed by atoms with Crippen LogP contribution in [0.5, 0.6) is 0 Å². The Morgan fingerprint density at radius 1 is 1.00 bits per heavy atom.